The van der Waals surface area contributed by atoms with Gasteiger partial charge in [-0.3, -0.25) is 0 Å². The van der Waals surface area contributed by atoms with Gasteiger partial charge in [-0.1, -0.05) is 11.8 Å². The average Bonchev–Trinajstić information content (AvgIpc) is 2.87. The van der Waals surface area contributed by atoms with Gasteiger partial charge in [-0.2, -0.15) is 0 Å². The summed E-state index contributed by atoms with van der Waals surface area (Å²) in [6, 6.07) is 9.51. The number of primary sulfonamides is 1. The van der Waals surface area contributed by atoms with Gasteiger partial charge in [-0.15, -0.1) is 11.3 Å². The van der Waals surface area contributed by atoms with Gasteiger partial charge in [-0.05, 0) is 36.4 Å². The number of nitrogens with two attached hydrogens (primary N) is 1. The minimum Gasteiger partial charge on any atom is -0.224 e. The van der Waals surface area contributed by atoms with Gasteiger partial charge in [0.2, 0.25) is 20.0 Å². The molecule has 0 fully saturated rings. The minimum absolute atomic E-state index is 0.0989. The van der Waals surface area contributed by atoms with E-state index in [1.165, 1.54) is 44.1 Å². The highest BCUT2D eigenvalue weighted by atomic mass is 32.3. The van der Waals surface area contributed by atoms with Crippen LogP contribution in [0, 0.1) is 0 Å². The Morgan fingerprint density at radius 3 is 2.05 bits per heavy atom. The van der Waals surface area contributed by atoms with E-state index in [1.54, 1.807) is 18.2 Å². The molecule has 0 aliphatic rings. The number of hydrogen-bond acceptors (Lipinski definition) is 6. The molecule has 0 aliphatic heterocycles. The fourth-order valence-corrected chi connectivity index (χ4v) is 5.40. The Kier molecular flexibility index (Phi) is 5.00. The number of hydrogen-bond donors (Lipinski definition) is 1. The summed E-state index contributed by atoms with van der Waals surface area (Å²) < 4.78 is 48.4. The van der Waals surface area contributed by atoms with Crippen LogP contribution in [0.5, 0.6) is 0 Å². The average molecular weight is 379 g/mol. The molecule has 10 heteroatoms. The Bertz CT molecular complexity index is 868. The number of thiophene rings is 1. The standard InChI is InChI=1S/C12H14N2O4S4/c1-14(2)22(17,18)10-5-3-9(4-6-10)19-11-7-8-12(20-11)21(13,15)16/h3-8H,1-2H3,(H2,13,15,16). The van der Waals surface area contributed by atoms with Gasteiger partial charge in [0.1, 0.15) is 4.21 Å². The lowest BCUT2D eigenvalue weighted by molar-refractivity contribution is 0.520. The van der Waals surface area contributed by atoms with Gasteiger partial charge >= 0.3 is 0 Å². The zero-order valence-corrected chi connectivity index (χ0v) is 15.0. The van der Waals surface area contributed by atoms with E-state index < -0.39 is 20.0 Å². The topological polar surface area (TPSA) is 97.5 Å². The van der Waals surface area contributed by atoms with E-state index in [1.807, 2.05) is 0 Å². The summed E-state index contributed by atoms with van der Waals surface area (Å²) in [5, 5.41) is 5.06. The lowest BCUT2D eigenvalue weighted by atomic mass is 10.4. The smallest absolute Gasteiger partial charge is 0.224 e. The number of nitrogens with zero attached hydrogens (tertiary/aromatic N) is 1. The van der Waals surface area contributed by atoms with Crippen LogP contribution >= 0.6 is 23.1 Å². The fraction of sp³-hybridized carbons (Fsp3) is 0.167. The third kappa shape index (κ3) is 3.89. The molecule has 2 rings (SSSR count). The summed E-state index contributed by atoms with van der Waals surface area (Å²) in [5.74, 6) is 0. The second kappa shape index (κ2) is 6.30. The first-order valence-electron chi connectivity index (χ1n) is 5.94. The highest BCUT2D eigenvalue weighted by Crippen LogP contribution is 2.35. The van der Waals surface area contributed by atoms with Crippen LogP contribution in [0.1, 0.15) is 0 Å². The molecule has 22 heavy (non-hydrogen) atoms. The lowest BCUT2D eigenvalue weighted by Crippen LogP contribution is -2.22. The summed E-state index contributed by atoms with van der Waals surface area (Å²) in [5.41, 5.74) is 0. The first-order chi connectivity index (χ1) is 10.1. The molecule has 0 aliphatic carbocycles. The molecular formula is C12H14N2O4S4. The van der Waals surface area contributed by atoms with Crippen molar-refractivity contribution in [1.29, 1.82) is 0 Å². The Morgan fingerprint density at radius 2 is 1.59 bits per heavy atom. The van der Waals surface area contributed by atoms with Crippen LogP contribution in [-0.2, 0) is 20.0 Å². The number of rotatable bonds is 5. The second-order valence-electron chi connectivity index (χ2n) is 4.48. The van der Waals surface area contributed by atoms with Crippen LogP contribution < -0.4 is 5.14 Å². The molecule has 6 nitrogen and oxygen atoms in total. The second-order valence-corrected chi connectivity index (χ2v) is 10.9. The predicted molar refractivity (Wildman–Crippen MR) is 87.1 cm³/mol. The monoisotopic (exact) mass is 378 g/mol. The first kappa shape index (κ1) is 17.4. The Labute approximate surface area is 138 Å². The summed E-state index contributed by atoms with van der Waals surface area (Å²) in [6.07, 6.45) is 0. The molecule has 0 radical (unpaired) electrons. The fourth-order valence-electron chi connectivity index (χ4n) is 1.52. The third-order valence-electron chi connectivity index (χ3n) is 2.66. The molecule has 120 valence electrons. The number of benzene rings is 1. The van der Waals surface area contributed by atoms with Crippen molar-refractivity contribution in [3.05, 3.63) is 36.4 Å². The van der Waals surface area contributed by atoms with Crippen LogP contribution in [0.4, 0.5) is 0 Å². The molecule has 1 aromatic heterocycles. The van der Waals surface area contributed by atoms with Gasteiger partial charge in [0.05, 0.1) is 9.10 Å². The van der Waals surface area contributed by atoms with Crippen molar-refractivity contribution in [2.75, 3.05) is 14.1 Å². The van der Waals surface area contributed by atoms with Crippen molar-refractivity contribution in [2.45, 2.75) is 18.2 Å². The summed E-state index contributed by atoms with van der Waals surface area (Å²) in [7, 11) is -4.20. The summed E-state index contributed by atoms with van der Waals surface area (Å²) in [6.45, 7) is 0. The molecule has 2 aromatic rings. The molecular weight excluding hydrogens is 364 g/mol. The van der Waals surface area contributed by atoms with Crippen LogP contribution in [0.3, 0.4) is 0 Å². The zero-order valence-electron chi connectivity index (χ0n) is 11.8. The Morgan fingerprint density at radius 1 is 1.00 bits per heavy atom. The van der Waals surface area contributed by atoms with Gasteiger partial charge in [0.25, 0.3) is 0 Å². The molecule has 0 saturated heterocycles. The highest BCUT2D eigenvalue weighted by molar-refractivity contribution is 8.01. The van der Waals surface area contributed by atoms with Gasteiger partial charge in [-0.25, -0.2) is 26.3 Å². The van der Waals surface area contributed by atoms with Crippen molar-refractivity contribution < 1.29 is 16.8 Å². The molecule has 0 bridgehead atoms. The maximum Gasteiger partial charge on any atom is 0.247 e. The normalized spacial score (nSPS) is 12.7. The van der Waals surface area contributed by atoms with E-state index in [-0.39, 0.29) is 9.10 Å². The Balaban J connectivity index is 2.21. The summed E-state index contributed by atoms with van der Waals surface area (Å²) in [4.78, 5) is 1.01. The van der Waals surface area contributed by atoms with Crippen molar-refractivity contribution in [3.63, 3.8) is 0 Å². The SMILES string of the molecule is CN(C)S(=O)(=O)c1ccc(Sc2ccc(S(N)(=O)=O)s2)cc1. The van der Waals surface area contributed by atoms with E-state index >= 15 is 0 Å². The van der Waals surface area contributed by atoms with Crippen LogP contribution in [0.15, 0.2) is 54.6 Å². The van der Waals surface area contributed by atoms with E-state index in [9.17, 15) is 16.8 Å². The van der Waals surface area contributed by atoms with Crippen LogP contribution in [-0.4, -0.2) is 35.2 Å². The van der Waals surface area contributed by atoms with Gasteiger partial charge in [0, 0.05) is 19.0 Å². The molecule has 0 atom stereocenters. The summed E-state index contributed by atoms with van der Waals surface area (Å²) >= 11 is 2.42. The molecule has 1 aromatic carbocycles. The van der Waals surface area contributed by atoms with Gasteiger partial charge in [0.15, 0.2) is 0 Å². The van der Waals surface area contributed by atoms with Crippen LogP contribution in [0.2, 0.25) is 0 Å². The van der Waals surface area contributed by atoms with E-state index in [0.29, 0.717) is 0 Å². The molecule has 0 amide bonds. The molecule has 0 unspecified atom stereocenters. The maximum atomic E-state index is 12.0. The van der Waals surface area contributed by atoms with E-state index in [2.05, 4.69) is 0 Å². The lowest BCUT2D eigenvalue weighted by Gasteiger charge is -2.11. The largest absolute Gasteiger partial charge is 0.247 e. The Hall–Kier alpha value is -0.910. The molecule has 0 saturated carbocycles. The van der Waals surface area contributed by atoms with Crippen molar-refractivity contribution in [2.24, 2.45) is 5.14 Å². The number of sulfonamides is 2. The van der Waals surface area contributed by atoms with Crippen molar-refractivity contribution in [1.82, 2.24) is 4.31 Å². The maximum absolute atomic E-state index is 12.0. The van der Waals surface area contributed by atoms with Crippen molar-refractivity contribution in [3.8, 4) is 0 Å². The van der Waals surface area contributed by atoms with Crippen LogP contribution in [0.25, 0.3) is 0 Å². The molecule has 2 N–H and O–H groups in total. The van der Waals surface area contributed by atoms with E-state index in [0.717, 1.165) is 24.7 Å². The molecule has 0 spiro atoms. The third-order valence-corrected chi connectivity index (χ3v) is 8.15. The highest BCUT2D eigenvalue weighted by Gasteiger charge is 2.17. The van der Waals surface area contributed by atoms with Gasteiger partial charge < -0.3 is 0 Å². The zero-order chi connectivity index (χ0) is 16.5. The van der Waals surface area contributed by atoms with E-state index in [4.69, 9.17) is 5.14 Å². The molecule has 1 heterocycles. The first-order valence-corrected chi connectivity index (χ1v) is 10.6. The quantitative estimate of drug-likeness (QED) is 0.855. The predicted octanol–water partition coefficient (Wildman–Crippen LogP) is 1.80. The van der Waals surface area contributed by atoms with Crippen molar-refractivity contribution >= 4 is 43.1 Å². The minimum atomic E-state index is -3.69.